The lowest BCUT2D eigenvalue weighted by Gasteiger charge is -2.34. The summed E-state index contributed by atoms with van der Waals surface area (Å²) >= 11 is 1.48. The molecule has 2 aromatic carbocycles. The normalized spacial score (nSPS) is 14.3. The van der Waals surface area contributed by atoms with Gasteiger partial charge in [-0.15, -0.1) is 0 Å². The second kappa shape index (κ2) is 19.7. The van der Waals surface area contributed by atoms with Crippen LogP contribution < -0.4 is 16.0 Å². The van der Waals surface area contributed by atoms with Crippen molar-refractivity contribution in [2.75, 3.05) is 12.0 Å². The predicted molar refractivity (Wildman–Crippen MR) is 179 cm³/mol. The van der Waals surface area contributed by atoms with Gasteiger partial charge in [-0.2, -0.15) is 11.8 Å². The van der Waals surface area contributed by atoms with Gasteiger partial charge in [0.1, 0.15) is 29.9 Å². The van der Waals surface area contributed by atoms with E-state index >= 15 is 0 Å². The maximum atomic E-state index is 14.2. The summed E-state index contributed by atoms with van der Waals surface area (Å²) in [7, 11) is 0. The molecule has 3 rings (SSSR count). The summed E-state index contributed by atoms with van der Waals surface area (Å²) < 4.78 is 28.3. The Labute approximate surface area is 279 Å². The van der Waals surface area contributed by atoms with Crippen molar-refractivity contribution in [3.05, 3.63) is 101 Å². The van der Waals surface area contributed by atoms with Crippen LogP contribution in [0.25, 0.3) is 0 Å². The quantitative estimate of drug-likeness (QED) is 0.119. The predicted octanol–water partition coefficient (Wildman–Crippen LogP) is 4.43. The van der Waals surface area contributed by atoms with Gasteiger partial charge in [0.05, 0.1) is 17.6 Å². The second-order valence-corrected chi connectivity index (χ2v) is 12.4. The summed E-state index contributed by atoms with van der Waals surface area (Å²) in [5, 5.41) is 31.3. The molecule has 254 valence electrons. The number of pyridine rings is 1. The molecule has 0 spiro atoms. The number of nitrogens with zero attached hydrogens (tertiary/aromatic N) is 1. The molecule has 0 fully saturated rings. The molecule has 0 radical (unpaired) electrons. The zero-order valence-corrected chi connectivity index (χ0v) is 27.5. The van der Waals surface area contributed by atoms with Crippen molar-refractivity contribution in [2.24, 2.45) is 0 Å². The van der Waals surface area contributed by atoms with Crippen molar-refractivity contribution in [1.82, 2.24) is 20.9 Å². The fourth-order valence-electron chi connectivity index (χ4n) is 5.20. The number of aliphatic hydroxyl groups excluding tert-OH is 2. The van der Waals surface area contributed by atoms with E-state index in [4.69, 9.17) is 0 Å². The van der Waals surface area contributed by atoms with Gasteiger partial charge in [0, 0.05) is 24.0 Å². The molecule has 5 atom stereocenters. The maximum Gasteiger partial charge on any atom is 0.253 e. The van der Waals surface area contributed by atoms with Crippen LogP contribution in [-0.4, -0.2) is 75.3 Å². The minimum Gasteiger partial charge on any atom is -0.388 e. The molecule has 1 aromatic heterocycles. The van der Waals surface area contributed by atoms with Crippen LogP contribution >= 0.6 is 11.8 Å². The Morgan fingerprint density at radius 1 is 0.809 bits per heavy atom. The average molecular weight is 671 g/mol. The first-order chi connectivity index (χ1) is 22.6. The average Bonchev–Trinajstić information content (AvgIpc) is 3.07. The highest BCUT2D eigenvalue weighted by Gasteiger charge is 2.35. The number of carbonyl (C=O) groups excluding carboxylic acids is 3. The molecule has 3 aromatic rings. The van der Waals surface area contributed by atoms with Crippen molar-refractivity contribution in [3.8, 4) is 0 Å². The van der Waals surface area contributed by atoms with Gasteiger partial charge in [0.2, 0.25) is 5.91 Å². The van der Waals surface area contributed by atoms with E-state index < -0.39 is 59.7 Å². The number of unbranched alkanes of at least 4 members (excludes halogenated alkanes) is 3. The Kier molecular flexibility index (Phi) is 15.8. The Bertz CT molecular complexity index is 1400. The third-order valence-electron chi connectivity index (χ3n) is 7.76. The van der Waals surface area contributed by atoms with E-state index in [2.05, 4.69) is 27.9 Å². The van der Waals surface area contributed by atoms with Crippen LogP contribution in [0.15, 0.2) is 73.1 Å². The summed E-state index contributed by atoms with van der Waals surface area (Å²) in [6, 6.07) is 11.2. The van der Waals surface area contributed by atoms with E-state index in [9.17, 15) is 33.4 Å². The molecule has 0 unspecified atom stereocenters. The van der Waals surface area contributed by atoms with Gasteiger partial charge in [-0.25, -0.2) is 8.78 Å². The molecule has 12 heteroatoms. The number of rotatable bonds is 19. The van der Waals surface area contributed by atoms with Gasteiger partial charge in [0.15, 0.2) is 0 Å². The first-order valence-electron chi connectivity index (χ1n) is 15.8. The van der Waals surface area contributed by atoms with E-state index in [0.29, 0.717) is 30.2 Å². The van der Waals surface area contributed by atoms with Gasteiger partial charge >= 0.3 is 0 Å². The van der Waals surface area contributed by atoms with Gasteiger partial charge in [0.25, 0.3) is 11.8 Å². The van der Waals surface area contributed by atoms with Crippen LogP contribution in [0.2, 0.25) is 0 Å². The molecule has 0 aliphatic heterocycles. The Morgan fingerprint density at radius 2 is 1.47 bits per heavy atom. The van der Waals surface area contributed by atoms with Crippen molar-refractivity contribution < 1.29 is 33.4 Å². The Hall–Kier alpha value is -3.87. The summed E-state index contributed by atoms with van der Waals surface area (Å²) in [6.07, 6.45) is 5.20. The van der Waals surface area contributed by atoms with Crippen molar-refractivity contribution in [2.45, 2.75) is 82.2 Å². The fraction of sp³-hybridized carbons (Fsp3) is 0.429. The molecule has 9 nitrogen and oxygen atoms in total. The van der Waals surface area contributed by atoms with Gasteiger partial charge in [-0.3, -0.25) is 19.4 Å². The summed E-state index contributed by atoms with van der Waals surface area (Å²) in [5.41, 5.74) is 0.748. The Morgan fingerprint density at radius 3 is 2.11 bits per heavy atom. The smallest absolute Gasteiger partial charge is 0.253 e. The number of nitrogens with one attached hydrogen (secondary N) is 3. The zero-order chi connectivity index (χ0) is 34.2. The number of aromatic nitrogens is 1. The highest BCUT2D eigenvalue weighted by molar-refractivity contribution is 7.98. The third-order valence-corrected chi connectivity index (χ3v) is 8.40. The van der Waals surface area contributed by atoms with E-state index in [1.165, 1.54) is 24.2 Å². The van der Waals surface area contributed by atoms with Crippen LogP contribution in [-0.2, 0) is 11.2 Å². The number of amides is 3. The molecule has 3 amide bonds. The van der Waals surface area contributed by atoms with Gasteiger partial charge < -0.3 is 26.2 Å². The number of aliphatic hydroxyl groups is 2. The largest absolute Gasteiger partial charge is 0.388 e. The first kappa shape index (κ1) is 37.6. The van der Waals surface area contributed by atoms with Crippen LogP contribution in [0.1, 0.15) is 71.7 Å². The summed E-state index contributed by atoms with van der Waals surface area (Å²) in [4.78, 5) is 43.8. The molecular weight excluding hydrogens is 626 g/mol. The molecule has 47 heavy (non-hydrogen) atoms. The number of benzene rings is 2. The minimum absolute atomic E-state index is 0.131. The third kappa shape index (κ3) is 12.3. The van der Waals surface area contributed by atoms with E-state index in [1.54, 1.807) is 42.5 Å². The van der Waals surface area contributed by atoms with E-state index in [-0.39, 0.29) is 24.0 Å². The first-order valence-corrected chi connectivity index (χ1v) is 17.2. The van der Waals surface area contributed by atoms with Crippen molar-refractivity contribution in [3.63, 3.8) is 0 Å². The zero-order valence-electron chi connectivity index (χ0n) is 26.7. The number of carbonyl (C=O) groups is 3. The standard InChI is InChI=1S/C35H44F2N4O5S/c1-3-4-5-9-14-29(40-34(45)25-13-10-16-38-22-25)35(46)41-30(20-23-18-26(36)21-27(37)19-23)32(43)31(42)28(15-17-47-2)39-33(44)24-11-7-6-8-12-24/h6-8,10-13,16,18-19,21-22,28-32,42-43H,3-5,9,14-15,17,20H2,1-2H3,(H,39,44)(H,40,45)(H,41,46)/t28-,29-,30+,31-,32-/m1/s1. The van der Waals surface area contributed by atoms with Crippen molar-refractivity contribution >= 4 is 29.5 Å². The SMILES string of the molecule is CCCCCC[C@@H](NC(=O)c1cccnc1)C(=O)N[C@@H](Cc1cc(F)cc(F)c1)[C@@H](O)[C@H](O)[C@@H](CCSC)NC(=O)c1ccccc1. The van der Waals surface area contributed by atoms with Crippen LogP contribution in [0.4, 0.5) is 8.78 Å². The monoisotopic (exact) mass is 670 g/mol. The molecule has 0 aliphatic rings. The number of hydrogen-bond acceptors (Lipinski definition) is 7. The number of thioether (sulfide) groups is 1. The topological polar surface area (TPSA) is 141 Å². The van der Waals surface area contributed by atoms with Crippen LogP contribution in [0.3, 0.4) is 0 Å². The molecule has 0 bridgehead atoms. The molecule has 5 N–H and O–H groups in total. The van der Waals surface area contributed by atoms with Gasteiger partial charge in [-0.1, -0.05) is 50.8 Å². The molecule has 1 heterocycles. The number of hydrogen-bond donors (Lipinski definition) is 5. The maximum absolute atomic E-state index is 14.2. The highest BCUT2D eigenvalue weighted by atomic mass is 32.2. The fourth-order valence-corrected chi connectivity index (χ4v) is 5.69. The van der Waals surface area contributed by atoms with Crippen LogP contribution in [0.5, 0.6) is 0 Å². The lowest BCUT2D eigenvalue weighted by Crippen LogP contribution is -2.59. The minimum atomic E-state index is -1.68. The van der Waals surface area contributed by atoms with E-state index in [1.807, 2.05) is 6.26 Å². The molecule has 0 saturated heterocycles. The lowest BCUT2D eigenvalue weighted by atomic mass is 9.92. The van der Waals surface area contributed by atoms with Gasteiger partial charge in [-0.05, 0) is 73.2 Å². The van der Waals surface area contributed by atoms with Crippen LogP contribution in [0, 0.1) is 11.6 Å². The second-order valence-electron chi connectivity index (χ2n) is 11.4. The molecular formula is C35H44F2N4O5S. The summed E-state index contributed by atoms with van der Waals surface area (Å²) in [5.74, 6) is -2.76. The number of halogens is 2. The molecule has 0 saturated carbocycles. The lowest BCUT2D eigenvalue weighted by molar-refractivity contribution is -0.125. The molecule has 0 aliphatic carbocycles. The highest BCUT2D eigenvalue weighted by Crippen LogP contribution is 2.18. The van der Waals surface area contributed by atoms with E-state index in [0.717, 1.165) is 31.4 Å². The summed E-state index contributed by atoms with van der Waals surface area (Å²) in [6.45, 7) is 2.05. The Balaban J connectivity index is 1.89. The van der Waals surface area contributed by atoms with Crippen molar-refractivity contribution in [1.29, 1.82) is 0 Å².